The van der Waals surface area contributed by atoms with Crippen LogP contribution in [0, 0.1) is 22.7 Å². The Bertz CT molecular complexity index is 532. The standard InChI is InChI=1S/C15H16ClN3OS/c1-12(13-2-4-14(16)5-3-13)21-11-6-15(20)19(9-7-17)10-8-18/h2-5,12H,6,9-11H2,1H3/t12-/m0/s1. The van der Waals surface area contributed by atoms with Crippen LogP contribution in [0.15, 0.2) is 24.3 Å². The topological polar surface area (TPSA) is 67.9 Å². The molecule has 0 fully saturated rings. The first kappa shape index (κ1) is 17.4. The third-order valence-corrected chi connectivity index (χ3v) is 4.36. The Balaban J connectivity index is 2.42. The van der Waals surface area contributed by atoms with Gasteiger partial charge in [0.25, 0.3) is 0 Å². The van der Waals surface area contributed by atoms with Crippen LogP contribution in [0.3, 0.4) is 0 Å². The number of carbonyl (C=O) groups is 1. The lowest BCUT2D eigenvalue weighted by Gasteiger charge is -2.16. The van der Waals surface area contributed by atoms with Crippen LogP contribution < -0.4 is 0 Å². The fourth-order valence-corrected chi connectivity index (χ4v) is 2.84. The summed E-state index contributed by atoms with van der Waals surface area (Å²) in [6.07, 6.45) is 0.325. The molecule has 0 aliphatic rings. The van der Waals surface area contributed by atoms with E-state index in [9.17, 15) is 4.79 Å². The van der Waals surface area contributed by atoms with E-state index in [-0.39, 0.29) is 24.2 Å². The first-order valence-electron chi connectivity index (χ1n) is 6.47. The number of halogens is 1. The van der Waals surface area contributed by atoms with Crippen LogP contribution in [-0.4, -0.2) is 29.6 Å². The van der Waals surface area contributed by atoms with E-state index in [1.165, 1.54) is 4.90 Å². The van der Waals surface area contributed by atoms with Gasteiger partial charge in [-0.2, -0.15) is 22.3 Å². The van der Waals surface area contributed by atoms with Crippen molar-refractivity contribution in [3.8, 4) is 12.1 Å². The third kappa shape index (κ3) is 6.08. The Labute approximate surface area is 134 Å². The van der Waals surface area contributed by atoms with Gasteiger partial charge in [-0.3, -0.25) is 4.79 Å². The van der Waals surface area contributed by atoms with E-state index in [0.29, 0.717) is 17.2 Å². The minimum atomic E-state index is -0.158. The van der Waals surface area contributed by atoms with Gasteiger partial charge >= 0.3 is 0 Å². The Morgan fingerprint density at radius 1 is 1.29 bits per heavy atom. The quantitative estimate of drug-likeness (QED) is 0.722. The molecule has 0 aliphatic carbocycles. The lowest BCUT2D eigenvalue weighted by molar-refractivity contribution is -0.129. The molecule has 0 bridgehead atoms. The second-order valence-electron chi connectivity index (χ2n) is 4.38. The highest BCUT2D eigenvalue weighted by Gasteiger charge is 2.13. The van der Waals surface area contributed by atoms with Gasteiger partial charge in [0.2, 0.25) is 5.91 Å². The maximum Gasteiger partial charge on any atom is 0.225 e. The number of amides is 1. The van der Waals surface area contributed by atoms with E-state index in [2.05, 4.69) is 6.92 Å². The zero-order chi connectivity index (χ0) is 15.7. The molecule has 0 saturated heterocycles. The van der Waals surface area contributed by atoms with Crippen LogP contribution in [0.5, 0.6) is 0 Å². The van der Waals surface area contributed by atoms with E-state index in [0.717, 1.165) is 5.56 Å². The SMILES string of the molecule is C[C@H](SCCC(=O)N(CC#N)CC#N)c1ccc(Cl)cc1. The van der Waals surface area contributed by atoms with Gasteiger partial charge in [0, 0.05) is 22.4 Å². The van der Waals surface area contributed by atoms with Crippen LogP contribution in [0.25, 0.3) is 0 Å². The van der Waals surface area contributed by atoms with Crippen molar-refractivity contribution in [2.75, 3.05) is 18.8 Å². The summed E-state index contributed by atoms with van der Waals surface area (Å²) < 4.78 is 0. The van der Waals surface area contributed by atoms with Gasteiger partial charge in [-0.05, 0) is 24.6 Å². The molecule has 1 amide bonds. The van der Waals surface area contributed by atoms with Crippen LogP contribution in [0.2, 0.25) is 5.02 Å². The fourth-order valence-electron chi connectivity index (χ4n) is 1.71. The lowest BCUT2D eigenvalue weighted by Crippen LogP contribution is -2.31. The second kappa shape index (κ2) is 9.28. The molecule has 1 aromatic carbocycles. The van der Waals surface area contributed by atoms with Crippen LogP contribution in [-0.2, 0) is 4.79 Å². The van der Waals surface area contributed by atoms with Crippen molar-refractivity contribution in [1.29, 1.82) is 10.5 Å². The van der Waals surface area contributed by atoms with Crippen molar-refractivity contribution in [2.24, 2.45) is 0 Å². The number of nitriles is 2. The predicted octanol–water partition coefficient (Wildman–Crippen LogP) is 3.40. The summed E-state index contributed by atoms with van der Waals surface area (Å²) in [5.74, 6) is 0.490. The molecule has 1 aromatic rings. The zero-order valence-electron chi connectivity index (χ0n) is 11.8. The van der Waals surface area contributed by atoms with E-state index in [1.807, 2.05) is 36.4 Å². The summed E-state index contributed by atoms with van der Waals surface area (Å²) in [7, 11) is 0. The molecule has 1 atom stereocenters. The van der Waals surface area contributed by atoms with Crippen molar-refractivity contribution in [1.82, 2.24) is 4.90 Å². The van der Waals surface area contributed by atoms with Crippen molar-refractivity contribution in [2.45, 2.75) is 18.6 Å². The number of thioether (sulfide) groups is 1. The van der Waals surface area contributed by atoms with Crippen molar-refractivity contribution < 1.29 is 4.79 Å². The summed E-state index contributed by atoms with van der Waals surface area (Å²) in [5.41, 5.74) is 1.16. The van der Waals surface area contributed by atoms with Gasteiger partial charge in [0.05, 0.1) is 12.1 Å². The first-order chi connectivity index (χ1) is 10.1. The maximum atomic E-state index is 11.9. The van der Waals surface area contributed by atoms with Crippen molar-refractivity contribution in [3.05, 3.63) is 34.9 Å². The molecular weight excluding hydrogens is 306 g/mol. The normalized spacial score (nSPS) is 11.2. The minimum absolute atomic E-state index is 0.0379. The molecule has 0 spiro atoms. The summed E-state index contributed by atoms with van der Waals surface area (Å²) in [6.45, 7) is 1.99. The van der Waals surface area contributed by atoms with E-state index in [1.54, 1.807) is 11.8 Å². The highest BCUT2D eigenvalue weighted by atomic mass is 35.5. The molecule has 0 saturated carbocycles. The smallest absolute Gasteiger partial charge is 0.225 e. The Morgan fingerprint density at radius 2 is 1.86 bits per heavy atom. The number of hydrogen-bond acceptors (Lipinski definition) is 4. The van der Waals surface area contributed by atoms with Gasteiger partial charge < -0.3 is 4.90 Å². The van der Waals surface area contributed by atoms with Crippen LogP contribution >= 0.6 is 23.4 Å². The van der Waals surface area contributed by atoms with Crippen LogP contribution in [0.4, 0.5) is 0 Å². The van der Waals surface area contributed by atoms with E-state index < -0.39 is 0 Å². The molecule has 1 rings (SSSR count). The Hall–Kier alpha value is -1.69. The average Bonchev–Trinajstić information content (AvgIpc) is 2.47. The molecule has 21 heavy (non-hydrogen) atoms. The predicted molar refractivity (Wildman–Crippen MR) is 84.7 cm³/mol. The molecule has 0 radical (unpaired) electrons. The summed E-state index contributed by atoms with van der Waals surface area (Å²) in [4.78, 5) is 13.2. The molecular formula is C15H16ClN3OS. The molecule has 0 heterocycles. The van der Waals surface area contributed by atoms with E-state index in [4.69, 9.17) is 22.1 Å². The number of carbonyl (C=O) groups excluding carboxylic acids is 1. The van der Waals surface area contributed by atoms with Gasteiger partial charge in [0.15, 0.2) is 0 Å². The number of hydrogen-bond donors (Lipinski definition) is 0. The highest BCUT2D eigenvalue weighted by Crippen LogP contribution is 2.29. The molecule has 0 N–H and O–H groups in total. The Kier molecular flexibility index (Phi) is 7.68. The number of benzene rings is 1. The Morgan fingerprint density at radius 3 is 2.38 bits per heavy atom. The van der Waals surface area contributed by atoms with Gasteiger partial charge in [-0.1, -0.05) is 23.7 Å². The zero-order valence-corrected chi connectivity index (χ0v) is 13.3. The monoisotopic (exact) mass is 321 g/mol. The molecule has 110 valence electrons. The molecule has 0 aromatic heterocycles. The highest BCUT2D eigenvalue weighted by molar-refractivity contribution is 7.99. The first-order valence-corrected chi connectivity index (χ1v) is 7.90. The number of rotatable bonds is 7. The number of nitrogens with zero attached hydrogens (tertiary/aromatic N) is 3. The molecule has 0 aliphatic heterocycles. The second-order valence-corrected chi connectivity index (χ2v) is 6.27. The summed E-state index contributed by atoms with van der Waals surface area (Å²) >= 11 is 7.51. The largest absolute Gasteiger partial charge is 0.316 e. The van der Waals surface area contributed by atoms with Gasteiger partial charge in [-0.25, -0.2) is 0 Å². The third-order valence-electron chi connectivity index (χ3n) is 2.90. The fraction of sp³-hybridized carbons (Fsp3) is 0.400. The van der Waals surface area contributed by atoms with Crippen molar-refractivity contribution >= 4 is 29.3 Å². The molecule has 6 heteroatoms. The van der Waals surface area contributed by atoms with Gasteiger partial charge in [-0.15, -0.1) is 0 Å². The average molecular weight is 322 g/mol. The summed E-state index contributed by atoms with van der Waals surface area (Å²) in [6, 6.07) is 11.4. The maximum absolute atomic E-state index is 11.9. The summed E-state index contributed by atoms with van der Waals surface area (Å²) in [5, 5.41) is 18.2. The van der Waals surface area contributed by atoms with Crippen molar-refractivity contribution in [3.63, 3.8) is 0 Å². The molecule has 4 nitrogen and oxygen atoms in total. The van der Waals surface area contributed by atoms with Gasteiger partial charge in [0.1, 0.15) is 13.1 Å². The minimum Gasteiger partial charge on any atom is -0.316 e. The molecule has 0 unspecified atom stereocenters. The van der Waals surface area contributed by atoms with E-state index >= 15 is 0 Å². The lowest BCUT2D eigenvalue weighted by atomic mass is 10.2. The van der Waals surface area contributed by atoms with Crippen LogP contribution in [0.1, 0.15) is 24.2 Å².